The topological polar surface area (TPSA) is 92.2 Å². The molecule has 1 aliphatic heterocycles. The average Bonchev–Trinajstić information content (AvgIpc) is 3.32. The number of likely N-dealkylation sites (N-methyl/N-ethyl adjacent to an activating group) is 1. The van der Waals surface area contributed by atoms with Crippen molar-refractivity contribution in [3.05, 3.63) is 117 Å². The summed E-state index contributed by atoms with van der Waals surface area (Å²) in [5, 5.41) is 16.1. The highest BCUT2D eigenvalue weighted by Gasteiger charge is 2.37. The molecular formula is C29H27N5O3. The van der Waals surface area contributed by atoms with Gasteiger partial charge in [0.1, 0.15) is 5.69 Å². The van der Waals surface area contributed by atoms with Gasteiger partial charge in [-0.15, -0.1) is 0 Å². The predicted octanol–water partition coefficient (Wildman–Crippen LogP) is 6.10. The first-order valence-corrected chi connectivity index (χ1v) is 11.9. The molecule has 8 heteroatoms. The number of nitrogens with zero attached hydrogens (tertiary/aromatic N) is 4. The lowest BCUT2D eigenvalue weighted by Gasteiger charge is -2.23. The van der Waals surface area contributed by atoms with Crippen molar-refractivity contribution >= 4 is 34.6 Å². The minimum absolute atomic E-state index is 0.202. The van der Waals surface area contributed by atoms with E-state index in [2.05, 4.69) is 41.4 Å². The number of nitro groups is 1. The number of carbonyl (C=O) groups is 1. The number of anilines is 2. The van der Waals surface area contributed by atoms with Gasteiger partial charge in [0, 0.05) is 53.4 Å². The van der Waals surface area contributed by atoms with Gasteiger partial charge in [0.05, 0.1) is 10.6 Å². The van der Waals surface area contributed by atoms with E-state index in [1.165, 1.54) is 17.7 Å². The third kappa shape index (κ3) is 4.06. The fourth-order valence-electron chi connectivity index (χ4n) is 5.12. The second kappa shape index (κ2) is 9.05. The van der Waals surface area contributed by atoms with E-state index >= 15 is 0 Å². The van der Waals surface area contributed by atoms with Crippen molar-refractivity contribution in [1.82, 2.24) is 4.40 Å². The van der Waals surface area contributed by atoms with Crippen molar-refractivity contribution < 1.29 is 9.72 Å². The minimum Gasteiger partial charge on any atom is -0.347 e. The Labute approximate surface area is 214 Å². The highest BCUT2D eigenvalue weighted by atomic mass is 16.6. The molecule has 0 bridgehead atoms. The molecule has 2 aromatic heterocycles. The van der Waals surface area contributed by atoms with Gasteiger partial charge in [-0.2, -0.15) is 5.10 Å². The third-order valence-corrected chi connectivity index (χ3v) is 6.97. The van der Waals surface area contributed by atoms with E-state index in [4.69, 9.17) is 0 Å². The molecule has 186 valence electrons. The molecule has 4 aromatic rings. The number of nitro benzene ring substituents is 1. The van der Waals surface area contributed by atoms with Crippen LogP contribution in [0.2, 0.25) is 0 Å². The molecule has 0 fully saturated rings. The number of rotatable bonds is 6. The van der Waals surface area contributed by atoms with Crippen LogP contribution in [0.3, 0.4) is 0 Å². The van der Waals surface area contributed by atoms with Crippen molar-refractivity contribution in [2.24, 2.45) is 5.10 Å². The zero-order chi connectivity index (χ0) is 26.3. The molecule has 0 spiro atoms. The summed E-state index contributed by atoms with van der Waals surface area (Å²) in [6, 6.07) is 20.2. The zero-order valence-electron chi connectivity index (χ0n) is 21.1. The van der Waals surface area contributed by atoms with E-state index < -0.39 is 4.92 Å². The SMILES string of the molecule is Cc1cc2ccccn2c1C(=O)c1ccc(N/N=C/C=C2\N(C)c3ccccc3C2(C)C)c([N+](=O)[O-])c1. The van der Waals surface area contributed by atoms with E-state index in [0.717, 1.165) is 22.5 Å². The molecule has 0 saturated heterocycles. The number of aromatic nitrogens is 1. The summed E-state index contributed by atoms with van der Waals surface area (Å²) in [7, 11) is 2.01. The van der Waals surface area contributed by atoms with Crippen LogP contribution in [0, 0.1) is 17.0 Å². The second-order valence-corrected chi connectivity index (χ2v) is 9.63. The van der Waals surface area contributed by atoms with E-state index in [0.29, 0.717) is 5.69 Å². The van der Waals surface area contributed by atoms with Gasteiger partial charge in [0.25, 0.3) is 5.69 Å². The normalized spacial score (nSPS) is 15.5. The minimum atomic E-state index is -0.513. The number of ketones is 1. The molecule has 3 heterocycles. The van der Waals surface area contributed by atoms with Gasteiger partial charge in [0.2, 0.25) is 5.78 Å². The van der Waals surface area contributed by atoms with Gasteiger partial charge >= 0.3 is 0 Å². The maximum atomic E-state index is 13.3. The first kappa shape index (κ1) is 24.0. The van der Waals surface area contributed by atoms with Gasteiger partial charge < -0.3 is 9.30 Å². The van der Waals surface area contributed by atoms with E-state index in [-0.39, 0.29) is 28.1 Å². The second-order valence-electron chi connectivity index (χ2n) is 9.63. The summed E-state index contributed by atoms with van der Waals surface area (Å²) in [5.41, 5.74) is 8.40. The standard InChI is InChI=1S/C29H27N5O3/c1-19-17-21-9-7-8-16-33(21)27(19)28(35)20-12-13-23(25(18-20)34(36)37)31-30-15-14-26-29(2,3)22-10-5-6-11-24(22)32(26)4/h5-18,31H,1-4H3/b26-14-,30-15+. The number of hydrogen-bond donors (Lipinski definition) is 1. The van der Waals surface area contributed by atoms with Crippen LogP contribution in [0.1, 0.15) is 41.0 Å². The lowest BCUT2D eigenvalue weighted by Crippen LogP contribution is -2.23. The lowest BCUT2D eigenvalue weighted by atomic mass is 9.84. The van der Waals surface area contributed by atoms with Crippen molar-refractivity contribution in [1.29, 1.82) is 0 Å². The van der Waals surface area contributed by atoms with Crippen LogP contribution in [0.4, 0.5) is 17.1 Å². The molecular weight excluding hydrogens is 466 g/mol. The maximum Gasteiger partial charge on any atom is 0.294 e. The Kier molecular flexibility index (Phi) is 5.87. The molecule has 37 heavy (non-hydrogen) atoms. The smallest absolute Gasteiger partial charge is 0.294 e. The Morgan fingerprint density at radius 1 is 1.08 bits per heavy atom. The van der Waals surface area contributed by atoms with Crippen LogP contribution < -0.4 is 10.3 Å². The Balaban J connectivity index is 1.40. The Morgan fingerprint density at radius 2 is 1.84 bits per heavy atom. The van der Waals surface area contributed by atoms with Crippen LogP contribution in [-0.2, 0) is 5.41 Å². The lowest BCUT2D eigenvalue weighted by molar-refractivity contribution is -0.384. The quantitative estimate of drug-likeness (QED) is 0.152. The fourth-order valence-corrected chi connectivity index (χ4v) is 5.12. The van der Waals surface area contributed by atoms with Gasteiger partial charge in [-0.3, -0.25) is 20.3 Å². The molecule has 0 atom stereocenters. The Morgan fingerprint density at radius 3 is 2.59 bits per heavy atom. The molecule has 8 nitrogen and oxygen atoms in total. The first-order chi connectivity index (χ1) is 17.7. The number of hydrazone groups is 1. The zero-order valence-corrected chi connectivity index (χ0v) is 21.1. The molecule has 0 unspecified atom stereocenters. The Bertz CT molecular complexity index is 1610. The molecule has 1 N–H and O–H groups in total. The van der Waals surface area contributed by atoms with Gasteiger partial charge in [-0.05, 0) is 60.5 Å². The third-order valence-electron chi connectivity index (χ3n) is 6.97. The Hall–Kier alpha value is -4.72. The number of para-hydroxylation sites is 1. The van der Waals surface area contributed by atoms with Crippen molar-refractivity contribution in [3.63, 3.8) is 0 Å². The highest BCUT2D eigenvalue weighted by Crippen LogP contribution is 2.46. The summed E-state index contributed by atoms with van der Waals surface area (Å²) >= 11 is 0. The molecule has 5 rings (SSSR count). The molecule has 0 aliphatic carbocycles. The summed E-state index contributed by atoms with van der Waals surface area (Å²) in [4.78, 5) is 26.8. The van der Waals surface area contributed by atoms with Crippen LogP contribution in [0.5, 0.6) is 0 Å². The van der Waals surface area contributed by atoms with Crippen LogP contribution in [0.15, 0.2) is 89.8 Å². The first-order valence-electron chi connectivity index (χ1n) is 11.9. The van der Waals surface area contributed by atoms with Crippen molar-refractivity contribution in [2.45, 2.75) is 26.2 Å². The van der Waals surface area contributed by atoms with E-state index in [9.17, 15) is 14.9 Å². The van der Waals surface area contributed by atoms with Crippen LogP contribution in [0.25, 0.3) is 5.52 Å². The summed E-state index contributed by atoms with van der Waals surface area (Å²) in [6.45, 7) is 6.16. The molecule has 0 amide bonds. The van der Waals surface area contributed by atoms with Gasteiger partial charge in [-0.1, -0.05) is 38.1 Å². The number of allylic oxidation sites excluding steroid dienone is 2. The van der Waals surface area contributed by atoms with Gasteiger partial charge in [0.15, 0.2) is 0 Å². The number of fused-ring (bicyclic) bond motifs is 2. The number of nitrogens with one attached hydrogen (secondary N) is 1. The van der Waals surface area contributed by atoms with E-state index in [1.807, 2.05) is 62.6 Å². The van der Waals surface area contributed by atoms with Crippen LogP contribution >= 0.6 is 0 Å². The number of aryl methyl sites for hydroxylation is 1. The predicted molar refractivity (Wildman–Crippen MR) is 147 cm³/mol. The number of carbonyl (C=O) groups excluding carboxylic acids is 1. The maximum absolute atomic E-state index is 13.3. The molecule has 0 saturated carbocycles. The fraction of sp³-hybridized carbons (Fsp3) is 0.172. The number of hydrogen-bond acceptors (Lipinski definition) is 6. The molecule has 1 aliphatic rings. The summed E-state index contributed by atoms with van der Waals surface area (Å²) < 4.78 is 1.80. The largest absolute Gasteiger partial charge is 0.347 e. The van der Waals surface area contributed by atoms with Gasteiger partial charge in [-0.25, -0.2) is 0 Å². The number of pyridine rings is 1. The number of benzene rings is 2. The highest BCUT2D eigenvalue weighted by molar-refractivity contribution is 6.10. The van der Waals surface area contributed by atoms with Crippen molar-refractivity contribution in [3.8, 4) is 0 Å². The van der Waals surface area contributed by atoms with E-state index in [1.54, 1.807) is 16.7 Å². The average molecular weight is 494 g/mol. The summed E-state index contributed by atoms with van der Waals surface area (Å²) in [5.74, 6) is -0.280. The van der Waals surface area contributed by atoms with Crippen molar-refractivity contribution in [2.75, 3.05) is 17.4 Å². The van der Waals surface area contributed by atoms with Crippen LogP contribution in [-0.4, -0.2) is 28.4 Å². The molecule has 2 aromatic carbocycles. The molecule has 0 radical (unpaired) electrons. The summed E-state index contributed by atoms with van der Waals surface area (Å²) in [6.07, 6.45) is 5.31. The monoisotopic (exact) mass is 493 g/mol.